The molecular formula is C22H17ClN6OS2. The molecule has 4 heterocycles. The first-order valence-corrected chi connectivity index (χ1v) is 11.6. The molecule has 5 aromatic rings. The highest BCUT2D eigenvalue weighted by atomic mass is 35.5. The summed E-state index contributed by atoms with van der Waals surface area (Å²) in [4.78, 5) is 23.2. The molecule has 0 aliphatic rings. The number of nitrogens with zero attached hydrogens (tertiary/aromatic N) is 3. The molecule has 0 spiro atoms. The van der Waals surface area contributed by atoms with Gasteiger partial charge in [-0.2, -0.15) is 0 Å². The number of anilines is 4. The SMILES string of the molecule is Cc1nc2cccc(Cl)n2c1-c1cnc(Nc2ccc(C(=O)Nc3ccccc3N)s2)s1. The largest absolute Gasteiger partial charge is 0.397 e. The number of hydrogen-bond acceptors (Lipinski definition) is 7. The minimum absolute atomic E-state index is 0.211. The summed E-state index contributed by atoms with van der Waals surface area (Å²) in [5.41, 5.74) is 9.61. The average molecular weight is 481 g/mol. The van der Waals surface area contributed by atoms with Gasteiger partial charge in [0.1, 0.15) is 10.8 Å². The summed E-state index contributed by atoms with van der Waals surface area (Å²) >= 11 is 9.24. The lowest BCUT2D eigenvalue weighted by Crippen LogP contribution is -2.11. The van der Waals surface area contributed by atoms with Gasteiger partial charge in [0.2, 0.25) is 0 Å². The number of nitrogens with two attached hydrogens (primary N) is 1. The number of pyridine rings is 1. The summed E-state index contributed by atoms with van der Waals surface area (Å²) < 4.78 is 1.91. The van der Waals surface area contributed by atoms with E-state index in [0.717, 1.165) is 26.9 Å². The van der Waals surface area contributed by atoms with Crippen LogP contribution in [0.2, 0.25) is 5.15 Å². The van der Waals surface area contributed by atoms with E-state index in [2.05, 4.69) is 20.6 Å². The number of para-hydroxylation sites is 2. The molecule has 0 fully saturated rings. The number of imidazole rings is 1. The zero-order valence-corrected chi connectivity index (χ0v) is 19.2. The number of carbonyl (C=O) groups is 1. The molecule has 1 aromatic carbocycles. The van der Waals surface area contributed by atoms with Crippen molar-refractivity contribution in [1.82, 2.24) is 14.4 Å². The van der Waals surface area contributed by atoms with Crippen molar-refractivity contribution in [2.75, 3.05) is 16.4 Å². The van der Waals surface area contributed by atoms with Crippen LogP contribution < -0.4 is 16.4 Å². The Bertz CT molecular complexity index is 1450. The van der Waals surface area contributed by atoms with Gasteiger partial charge < -0.3 is 16.4 Å². The second-order valence-corrected chi connectivity index (χ2v) is 9.45. The first-order chi connectivity index (χ1) is 15.5. The molecule has 1 amide bonds. The zero-order valence-electron chi connectivity index (χ0n) is 16.8. The molecule has 5 rings (SSSR count). The highest BCUT2D eigenvalue weighted by Gasteiger charge is 2.17. The molecule has 0 radical (unpaired) electrons. The summed E-state index contributed by atoms with van der Waals surface area (Å²) in [7, 11) is 0. The van der Waals surface area contributed by atoms with Crippen molar-refractivity contribution in [3.63, 3.8) is 0 Å². The third kappa shape index (κ3) is 3.81. The second kappa shape index (κ2) is 8.27. The molecule has 0 saturated heterocycles. The molecular weight excluding hydrogens is 464 g/mol. The Balaban J connectivity index is 1.35. The number of aromatic nitrogens is 3. The van der Waals surface area contributed by atoms with Gasteiger partial charge in [0.15, 0.2) is 5.13 Å². The van der Waals surface area contributed by atoms with Crippen LogP contribution >= 0.6 is 34.3 Å². The molecule has 0 unspecified atom stereocenters. The smallest absolute Gasteiger partial charge is 0.265 e. The molecule has 7 nitrogen and oxygen atoms in total. The van der Waals surface area contributed by atoms with E-state index in [4.69, 9.17) is 17.3 Å². The van der Waals surface area contributed by atoms with Crippen molar-refractivity contribution in [2.45, 2.75) is 6.92 Å². The summed E-state index contributed by atoms with van der Waals surface area (Å²) in [6.45, 7) is 1.95. The highest BCUT2D eigenvalue weighted by molar-refractivity contribution is 7.20. The Morgan fingerprint density at radius 3 is 2.78 bits per heavy atom. The molecule has 4 N–H and O–H groups in total. The number of thiophene rings is 1. The van der Waals surface area contributed by atoms with Crippen LogP contribution in [0.1, 0.15) is 15.4 Å². The number of nitrogens with one attached hydrogen (secondary N) is 2. The van der Waals surface area contributed by atoms with Crippen LogP contribution in [0, 0.1) is 6.92 Å². The van der Waals surface area contributed by atoms with Gasteiger partial charge in [0.05, 0.1) is 37.5 Å². The van der Waals surface area contributed by atoms with Crippen molar-refractivity contribution < 1.29 is 4.79 Å². The Morgan fingerprint density at radius 1 is 1.09 bits per heavy atom. The number of nitrogen functional groups attached to an aromatic ring is 1. The minimum atomic E-state index is -0.211. The second-order valence-electron chi connectivity index (χ2n) is 6.95. The summed E-state index contributed by atoms with van der Waals surface area (Å²) in [6.07, 6.45) is 1.80. The van der Waals surface area contributed by atoms with Gasteiger partial charge >= 0.3 is 0 Å². The van der Waals surface area contributed by atoms with Crippen LogP contribution in [0.25, 0.3) is 16.2 Å². The lowest BCUT2D eigenvalue weighted by molar-refractivity contribution is 0.103. The van der Waals surface area contributed by atoms with E-state index < -0.39 is 0 Å². The predicted octanol–water partition coefficient (Wildman–Crippen LogP) is 6.06. The lowest BCUT2D eigenvalue weighted by atomic mass is 10.2. The van der Waals surface area contributed by atoms with Crippen LogP contribution in [-0.2, 0) is 0 Å². The quantitative estimate of drug-likeness (QED) is 0.210. The molecule has 0 aliphatic carbocycles. The fourth-order valence-corrected chi connectivity index (χ4v) is 5.35. The number of amides is 1. The number of benzene rings is 1. The Labute approximate surface area is 196 Å². The molecule has 32 heavy (non-hydrogen) atoms. The average Bonchev–Trinajstić information content (AvgIpc) is 3.49. The van der Waals surface area contributed by atoms with E-state index in [1.165, 1.54) is 22.7 Å². The van der Waals surface area contributed by atoms with E-state index in [9.17, 15) is 4.79 Å². The highest BCUT2D eigenvalue weighted by Crippen LogP contribution is 2.36. The fourth-order valence-electron chi connectivity index (χ4n) is 3.32. The zero-order chi connectivity index (χ0) is 22.2. The van der Waals surface area contributed by atoms with E-state index in [-0.39, 0.29) is 5.91 Å². The van der Waals surface area contributed by atoms with E-state index in [1.54, 1.807) is 24.4 Å². The van der Waals surface area contributed by atoms with Crippen LogP contribution in [-0.4, -0.2) is 20.3 Å². The number of hydrogen-bond donors (Lipinski definition) is 3. The van der Waals surface area contributed by atoms with Crippen molar-refractivity contribution >= 4 is 67.3 Å². The number of carbonyl (C=O) groups excluding carboxylic acids is 1. The van der Waals surface area contributed by atoms with Gasteiger partial charge in [-0.3, -0.25) is 9.20 Å². The minimum Gasteiger partial charge on any atom is -0.397 e. The van der Waals surface area contributed by atoms with Crippen LogP contribution in [0.5, 0.6) is 0 Å². The third-order valence-corrected chi connectivity index (χ3v) is 6.99. The third-order valence-electron chi connectivity index (χ3n) is 4.78. The van der Waals surface area contributed by atoms with Gasteiger partial charge in [-0.25, -0.2) is 9.97 Å². The molecule has 0 bridgehead atoms. The van der Waals surface area contributed by atoms with Crippen molar-refractivity contribution in [3.05, 3.63) is 76.5 Å². The van der Waals surface area contributed by atoms with Crippen molar-refractivity contribution in [2.24, 2.45) is 0 Å². The van der Waals surface area contributed by atoms with Crippen LogP contribution in [0.15, 0.2) is 60.8 Å². The van der Waals surface area contributed by atoms with Crippen LogP contribution in [0.3, 0.4) is 0 Å². The fraction of sp³-hybridized carbons (Fsp3) is 0.0455. The van der Waals surface area contributed by atoms with Crippen LogP contribution in [0.4, 0.5) is 21.5 Å². The molecule has 4 aromatic heterocycles. The number of fused-ring (bicyclic) bond motifs is 1. The van der Waals surface area contributed by atoms with E-state index in [1.807, 2.05) is 47.7 Å². The van der Waals surface area contributed by atoms with Gasteiger partial charge in [-0.1, -0.05) is 41.1 Å². The summed E-state index contributed by atoms with van der Waals surface area (Å²) in [6, 6.07) is 16.4. The van der Waals surface area contributed by atoms with E-state index >= 15 is 0 Å². The number of halogens is 1. The van der Waals surface area contributed by atoms with E-state index in [0.29, 0.717) is 26.5 Å². The molecule has 10 heteroatoms. The monoisotopic (exact) mass is 480 g/mol. The first kappa shape index (κ1) is 20.5. The number of aryl methyl sites for hydroxylation is 1. The topological polar surface area (TPSA) is 97.3 Å². The Morgan fingerprint density at radius 2 is 1.94 bits per heavy atom. The number of rotatable bonds is 5. The van der Waals surface area contributed by atoms with Crippen molar-refractivity contribution in [1.29, 1.82) is 0 Å². The Hall–Kier alpha value is -3.40. The standard InChI is InChI=1S/C22H17ClN6OS2/c1-12-20(29-17(23)7-4-8-18(29)26-12)16-11-25-22(32-16)28-19-10-9-15(31-19)21(30)27-14-6-3-2-5-13(14)24/h2-11H,24H2,1H3,(H,25,28)(H,27,30). The first-order valence-electron chi connectivity index (χ1n) is 9.62. The summed E-state index contributed by atoms with van der Waals surface area (Å²) in [5, 5.41) is 8.23. The Kier molecular flexibility index (Phi) is 5.30. The van der Waals surface area contributed by atoms with Gasteiger partial charge in [0.25, 0.3) is 5.91 Å². The van der Waals surface area contributed by atoms with Gasteiger partial charge in [-0.05, 0) is 43.3 Å². The van der Waals surface area contributed by atoms with Gasteiger partial charge in [-0.15, -0.1) is 11.3 Å². The lowest BCUT2D eigenvalue weighted by Gasteiger charge is -2.06. The van der Waals surface area contributed by atoms with Gasteiger partial charge in [0, 0.05) is 6.20 Å². The maximum atomic E-state index is 12.6. The maximum Gasteiger partial charge on any atom is 0.265 e. The summed E-state index contributed by atoms with van der Waals surface area (Å²) in [5.74, 6) is -0.211. The molecule has 0 saturated carbocycles. The normalized spacial score (nSPS) is 11.1. The molecule has 0 aliphatic heterocycles. The molecule has 160 valence electrons. The molecule has 0 atom stereocenters. The predicted molar refractivity (Wildman–Crippen MR) is 132 cm³/mol. The van der Waals surface area contributed by atoms with Crippen molar-refractivity contribution in [3.8, 4) is 10.6 Å². The number of thiazole rings is 1. The maximum absolute atomic E-state index is 12.6.